The van der Waals surface area contributed by atoms with Gasteiger partial charge in [0.25, 0.3) is 0 Å². The maximum absolute atomic E-state index is 5.51. The molecule has 5 nitrogen and oxygen atoms in total. The van der Waals surface area contributed by atoms with Gasteiger partial charge in [0.15, 0.2) is 11.5 Å². The molecule has 2 heterocycles. The Hall–Kier alpha value is -3.08. The maximum Gasteiger partial charge on any atom is 0.163 e. The molecule has 0 radical (unpaired) electrons. The number of methoxy groups -OCH3 is 2. The first-order valence-electron chi connectivity index (χ1n) is 8.80. The second-order valence-corrected chi connectivity index (χ2v) is 6.57. The smallest absolute Gasteiger partial charge is 0.163 e. The van der Waals surface area contributed by atoms with Crippen molar-refractivity contribution in [2.75, 3.05) is 14.2 Å². The van der Waals surface area contributed by atoms with Gasteiger partial charge >= 0.3 is 0 Å². The molecule has 0 bridgehead atoms. The summed E-state index contributed by atoms with van der Waals surface area (Å²) in [6.07, 6.45) is 5.13. The van der Waals surface area contributed by atoms with Gasteiger partial charge in [0.2, 0.25) is 0 Å². The van der Waals surface area contributed by atoms with E-state index in [9.17, 15) is 0 Å². The van der Waals surface area contributed by atoms with Crippen LogP contribution in [0.4, 0.5) is 0 Å². The van der Waals surface area contributed by atoms with Crippen molar-refractivity contribution in [2.24, 2.45) is 0 Å². The Morgan fingerprint density at radius 1 is 0.962 bits per heavy atom. The number of nitrogens with zero attached hydrogens (tertiary/aromatic N) is 3. The molecular weight excluding hydrogens is 326 g/mol. The molecular formula is C21H19N3O2. The van der Waals surface area contributed by atoms with Crippen LogP contribution in [0, 0.1) is 0 Å². The minimum absolute atomic E-state index is 0.690. The van der Waals surface area contributed by atoms with Gasteiger partial charge in [-0.3, -0.25) is 9.55 Å². The van der Waals surface area contributed by atoms with E-state index in [-0.39, 0.29) is 0 Å². The Balaban J connectivity index is 1.86. The molecule has 0 saturated heterocycles. The van der Waals surface area contributed by atoms with Gasteiger partial charge in [-0.15, -0.1) is 0 Å². The summed E-state index contributed by atoms with van der Waals surface area (Å²) in [4.78, 5) is 9.51. The van der Waals surface area contributed by atoms with Crippen LogP contribution < -0.4 is 9.47 Å². The van der Waals surface area contributed by atoms with Crippen LogP contribution in [0.15, 0.2) is 42.7 Å². The molecule has 0 aliphatic heterocycles. The summed E-state index contributed by atoms with van der Waals surface area (Å²) in [7, 11) is 3.30. The van der Waals surface area contributed by atoms with Gasteiger partial charge in [-0.2, -0.15) is 0 Å². The van der Waals surface area contributed by atoms with Gasteiger partial charge in [-0.25, -0.2) is 4.98 Å². The van der Waals surface area contributed by atoms with E-state index in [1.165, 1.54) is 16.9 Å². The average molecular weight is 345 g/mol. The Labute approximate surface area is 151 Å². The first-order valence-corrected chi connectivity index (χ1v) is 8.80. The number of pyridine rings is 1. The zero-order valence-corrected chi connectivity index (χ0v) is 14.8. The summed E-state index contributed by atoms with van der Waals surface area (Å²) in [6.45, 7) is 0. The van der Waals surface area contributed by atoms with Crippen molar-refractivity contribution in [1.29, 1.82) is 0 Å². The third-order valence-corrected chi connectivity index (χ3v) is 5.18. The number of aromatic nitrogens is 3. The van der Waals surface area contributed by atoms with E-state index >= 15 is 0 Å². The van der Waals surface area contributed by atoms with Crippen LogP contribution >= 0.6 is 0 Å². The number of imidazole rings is 1. The zero-order valence-electron chi connectivity index (χ0n) is 14.8. The molecule has 0 N–H and O–H groups in total. The fraction of sp³-hybridized carbons (Fsp3) is 0.238. The molecule has 0 unspecified atom stereocenters. The number of benzene rings is 2. The molecule has 2 aromatic carbocycles. The minimum atomic E-state index is 0.690. The number of hydrogen-bond acceptors (Lipinski definition) is 4. The van der Waals surface area contributed by atoms with Crippen LogP contribution in [0.25, 0.3) is 27.6 Å². The highest BCUT2D eigenvalue weighted by molar-refractivity contribution is 5.92. The number of para-hydroxylation sites is 1. The summed E-state index contributed by atoms with van der Waals surface area (Å²) in [5.41, 5.74) is 6.66. The summed E-state index contributed by atoms with van der Waals surface area (Å²) < 4.78 is 13.1. The normalized spacial score (nSPS) is 13.3. The summed E-state index contributed by atoms with van der Waals surface area (Å²) in [6, 6.07) is 12.3. The molecule has 5 heteroatoms. The third-order valence-electron chi connectivity index (χ3n) is 5.18. The Morgan fingerprint density at radius 2 is 1.77 bits per heavy atom. The van der Waals surface area contributed by atoms with Gasteiger partial charge in [0.05, 0.1) is 36.5 Å². The molecule has 0 fully saturated rings. The fourth-order valence-electron chi connectivity index (χ4n) is 3.97. The van der Waals surface area contributed by atoms with Gasteiger partial charge in [-0.05, 0) is 30.9 Å². The first-order chi connectivity index (χ1) is 12.8. The van der Waals surface area contributed by atoms with Crippen molar-refractivity contribution < 1.29 is 9.47 Å². The lowest BCUT2D eigenvalue weighted by Gasteiger charge is -2.15. The van der Waals surface area contributed by atoms with Crippen LogP contribution in [0.2, 0.25) is 0 Å². The van der Waals surface area contributed by atoms with Crippen molar-refractivity contribution in [3.05, 3.63) is 54.0 Å². The van der Waals surface area contributed by atoms with E-state index in [4.69, 9.17) is 14.5 Å². The largest absolute Gasteiger partial charge is 0.493 e. The molecule has 1 aliphatic carbocycles. The summed E-state index contributed by atoms with van der Waals surface area (Å²) in [5.74, 6) is 1.40. The fourth-order valence-corrected chi connectivity index (χ4v) is 3.97. The Morgan fingerprint density at radius 3 is 2.62 bits per heavy atom. The predicted octanol–water partition coefficient (Wildman–Crippen LogP) is 4.08. The van der Waals surface area contributed by atoms with Crippen LogP contribution in [0.5, 0.6) is 11.5 Å². The van der Waals surface area contributed by atoms with Crippen molar-refractivity contribution in [2.45, 2.75) is 19.3 Å². The number of rotatable bonds is 3. The standard InChI is InChI=1S/C21H19N3O2/c1-25-19-10-17-18(11-20(19)26-2)24(12-22-17)21-13-6-3-4-8-15(13)23-16-9-5-7-14(16)21/h3-4,6,8,10-12H,5,7,9H2,1-2H3. The van der Waals surface area contributed by atoms with E-state index in [2.05, 4.69) is 27.8 Å². The second-order valence-electron chi connectivity index (χ2n) is 6.57. The Bertz CT molecular complexity index is 1150. The molecule has 0 atom stereocenters. The molecule has 0 saturated carbocycles. The predicted molar refractivity (Wildman–Crippen MR) is 102 cm³/mol. The maximum atomic E-state index is 5.51. The second kappa shape index (κ2) is 5.73. The van der Waals surface area contributed by atoms with Gasteiger partial charge in [-0.1, -0.05) is 18.2 Å². The lowest BCUT2D eigenvalue weighted by molar-refractivity contribution is 0.355. The lowest BCUT2D eigenvalue weighted by Crippen LogP contribution is -2.02. The highest BCUT2D eigenvalue weighted by Gasteiger charge is 2.22. The van der Waals surface area contributed by atoms with E-state index in [1.54, 1.807) is 14.2 Å². The highest BCUT2D eigenvalue weighted by Crippen LogP contribution is 2.37. The van der Waals surface area contributed by atoms with Gasteiger partial charge < -0.3 is 9.47 Å². The third kappa shape index (κ3) is 2.10. The van der Waals surface area contributed by atoms with E-state index in [0.29, 0.717) is 11.5 Å². The number of hydrogen-bond donors (Lipinski definition) is 0. The van der Waals surface area contributed by atoms with Crippen molar-refractivity contribution in [3.8, 4) is 17.2 Å². The number of aryl methyl sites for hydroxylation is 1. The van der Waals surface area contributed by atoms with Crippen LogP contribution in [-0.2, 0) is 12.8 Å². The minimum Gasteiger partial charge on any atom is -0.493 e. The molecule has 2 aromatic heterocycles. The number of fused-ring (bicyclic) bond motifs is 3. The molecule has 0 amide bonds. The molecule has 0 spiro atoms. The van der Waals surface area contributed by atoms with Crippen molar-refractivity contribution >= 4 is 21.9 Å². The summed E-state index contributed by atoms with van der Waals surface area (Å²) in [5, 5.41) is 1.15. The molecule has 5 rings (SSSR count). The Kier molecular flexibility index (Phi) is 3.35. The van der Waals surface area contributed by atoms with E-state index < -0.39 is 0 Å². The van der Waals surface area contributed by atoms with Gasteiger partial charge in [0.1, 0.15) is 6.33 Å². The van der Waals surface area contributed by atoms with Crippen LogP contribution in [-0.4, -0.2) is 28.8 Å². The average Bonchev–Trinajstić information content (AvgIpc) is 3.31. The zero-order chi connectivity index (χ0) is 17.7. The SMILES string of the molecule is COc1cc2ncn(-c3c4c(nc5ccccc35)CCC4)c2cc1OC. The summed E-state index contributed by atoms with van der Waals surface area (Å²) >= 11 is 0. The topological polar surface area (TPSA) is 49.2 Å². The van der Waals surface area contributed by atoms with Crippen LogP contribution in [0.3, 0.4) is 0 Å². The first kappa shape index (κ1) is 15.2. The van der Waals surface area contributed by atoms with Crippen molar-refractivity contribution in [3.63, 3.8) is 0 Å². The van der Waals surface area contributed by atoms with Crippen molar-refractivity contribution in [1.82, 2.24) is 14.5 Å². The van der Waals surface area contributed by atoms with E-state index in [0.717, 1.165) is 41.2 Å². The highest BCUT2D eigenvalue weighted by atomic mass is 16.5. The van der Waals surface area contributed by atoms with Gasteiger partial charge in [0, 0.05) is 23.2 Å². The lowest BCUT2D eigenvalue weighted by atomic mass is 10.1. The quantitative estimate of drug-likeness (QED) is 0.561. The molecule has 26 heavy (non-hydrogen) atoms. The number of ether oxygens (including phenoxy) is 2. The molecule has 4 aromatic rings. The monoisotopic (exact) mass is 345 g/mol. The molecule has 130 valence electrons. The van der Waals surface area contributed by atoms with Crippen LogP contribution in [0.1, 0.15) is 17.7 Å². The van der Waals surface area contributed by atoms with E-state index in [1.807, 2.05) is 24.5 Å². The molecule has 1 aliphatic rings.